The third-order valence-electron chi connectivity index (χ3n) is 2.93. The van der Waals surface area contributed by atoms with Gasteiger partial charge >= 0.3 is 0 Å². The van der Waals surface area contributed by atoms with E-state index in [9.17, 15) is 14.4 Å². The first kappa shape index (κ1) is 17.6. The van der Waals surface area contributed by atoms with Crippen molar-refractivity contribution < 1.29 is 14.4 Å². The maximum Gasteiger partial charge on any atom is 0.251 e. The summed E-state index contributed by atoms with van der Waals surface area (Å²) in [7, 11) is 0. The minimum absolute atomic E-state index is 0.263. The Morgan fingerprint density at radius 3 is 2.08 bits per heavy atom. The molecule has 2 aromatic rings. The molecule has 1 aromatic heterocycles. The van der Waals surface area contributed by atoms with Crippen LogP contribution in [-0.2, 0) is 16.1 Å². The largest absolute Gasteiger partial charge is 0.347 e. The monoisotopic (exact) mass is 346 g/mol. The van der Waals surface area contributed by atoms with Crippen LogP contribution < -0.4 is 16.0 Å². The van der Waals surface area contributed by atoms with Gasteiger partial charge in [-0.2, -0.15) is 0 Å². The number of thiazole rings is 1. The molecule has 1 aromatic carbocycles. The van der Waals surface area contributed by atoms with Gasteiger partial charge in [0.2, 0.25) is 11.8 Å². The molecule has 0 atom stereocenters. The standard InChI is InChI=1S/C16H18N4O3S/c1-9(21)19-13-4-12(5-14(6-13)20-10(2)22)16(23)18-8-15-7-17-11(3)24-15/h4-7H,8H2,1-3H3,(H,18,23)(H,19,21)(H,20,22). The van der Waals surface area contributed by atoms with Crippen LogP contribution in [0, 0.1) is 6.92 Å². The van der Waals surface area contributed by atoms with Crippen molar-refractivity contribution >= 4 is 40.4 Å². The van der Waals surface area contributed by atoms with Crippen molar-refractivity contribution in [3.05, 3.63) is 39.8 Å². The molecule has 0 saturated carbocycles. The second kappa shape index (κ2) is 7.69. The van der Waals surface area contributed by atoms with Crippen LogP contribution in [-0.4, -0.2) is 22.7 Å². The zero-order valence-corrected chi connectivity index (χ0v) is 14.4. The molecule has 0 fully saturated rings. The number of benzene rings is 1. The van der Waals surface area contributed by atoms with E-state index in [2.05, 4.69) is 20.9 Å². The van der Waals surface area contributed by atoms with E-state index in [1.165, 1.54) is 25.2 Å². The molecule has 0 aliphatic carbocycles. The van der Waals surface area contributed by atoms with Crippen molar-refractivity contribution in [3.63, 3.8) is 0 Å². The Balaban J connectivity index is 2.17. The van der Waals surface area contributed by atoms with E-state index in [-0.39, 0.29) is 17.7 Å². The summed E-state index contributed by atoms with van der Waals surface area (Å²) in [6.07, 6.45) is 1.72. The first-order valence-electron chi connectivity index (χ1n) is 7.23. The lowest BCUT2D eigenvalue weighted by Crippen LogP contribution is -2.23. The van der Waals surface area contributed by atoms with Gasteiger partial charge in [0, 0.05) is 41.9 Å². The van der Waals surface area contributed by atoms with Gasteiger partial charge in [0.15, 0.2) is 0 Å². The van der Waals surface area contributed by atoms with Crippen molar-refractivity contribution in [2.75, 3.05) is 10.6 Å². The first-order valence-corrected chi connectivity index (χ1v) is 8.05. The summed E-state index contributed by atoms with van der Waals surface area (Å²) in [6, 6.07) is 4.70. The predicted octanol–water partition coefficient (Wildman–Crippen LogP) is 2.30. The predicted molar refractivity (Wildman–Crippen MR) is 93.1 cm³/mol. The third-order valence-corrected chi connectivity index (χ3v) is 3.84. The molecule has 7 nitrogen and oxygen atoms in total. The molecule has 0 saturated heterocycles. The number of hydrogen-bond acceptors (Lipinski definition) is 5. The number of rotatable bonds is 5. The number of nitrogens with one attached hydrogen (secondary N) is 3. The zero-order valence-electron chi connectivity index (χ0n) is 13.6. The molecule has 0 bridgehead atoms. The van der Waals surface area contributed by atoms with Crippen molar-refractivity contribution in [3.8, 4) is 0 Å². The van der Waals surface area contributed by atoms with Crippen molar-refractivity contribution in [2.24, 2.45) is 0 Å². The number of nitrogens with zero attached hydrogens (tertiary/aromatic N) is 1. The molecule has 0 aliphatic rings. The van der Waals surface area contributed by atoms with Crippen molar-refractivity contribution in [2.45, 2.75) is 27.3 Å². The molecule has 24 heavy (non-hydrogen) atoms. The topological polar surface area (TPSA) is 100 Å². The average Bonchev–Trinajstić information content (AvgIpc) is 2.88. The molecule has 3 amide bonds. The summed E-state index contributed by atoms with van der Waals surface area (Å²) in [4.78, 5) is 39.9. The highest BCUT2D eigenvalue weighted by Crippen LogP contribution is 2.20. The molecule has 0 spiro atoms. The van der Waals surface area contributed by atoms with Crippen LogP contribution in [0.5, 0.6) is 0 Å². The van der Waals surface area contributed by atoms with E-state index >= 15 is 0 Å². The van der Waals surface area contributed by atoms with E-state index < -0.39 is 0 Å². The summed E-state index contributed by atoms with van der Waals surface area (Å²) >= 11 is 1.51. The molecule has 8 heteroatoms. The summed E-state index contributed by atoms with van der Waals surface area (Å²) < 4.78 is 0. The Morgan fingerprint density at radius 2 is 1.62 bits per heavy atom. The van der Waals surface area contributed by atoms with Crippen LogP contribution in [0.25, 0.3) is 0 Å². The second-order valence-corrected chi connectivity index (χ2v) is 6.51. The SMILES string of the molecule is CC(=O)Nc1cc(NC(C)=O)cc(C(=O)NCc2cnc(C)s2)c1. The Hall–Kier alpha value is -2.74. The first-order chi connectivity index (χ1) is 11.3. The van der Waals surface area contributed by atoms with Gasteiger partial charge in [-0.25, -0.2) is 4.98 Å². The van der Waals surface area contributed by atoms with E-state index in [0.29, 0.717) is 23.5 Å². The van der Waals surface area contributed by atoms with Gasteiger partial charge in [-0.05, 0) is 25.1 Å². The minimum Gasteiger partial charge on any atom is -0.347 e. The van der Waals surface area contributed by atoms with Crippen LogP contribution in [0.4, 0.5) is 11.4 Å². The number of aryl methyl sites for hydroxylation is 1. The molecule has 0 unspecified atom stereocenters. The third kappa shape index (κ3) is 5.17. The maximum atomic E-state index is 12.3. The van der Waals surface area contributed by atoms with E-state index in [1.54, 1.807) is 24.4 Å². The van der Waals surface area contributed by atoms with Crippen molar-refractivity contribution in [1.29, 1.82) is 0 Å². The van der Waals surface area contributed by atoms with Crippen LogP contribution in [0.15, 0.2) is 24.4 Å². The number of hydrogen-bond donors (Lipinski definition) is 3. The van der Waals surface area contributed by atoms with Gasteiger partial charge in [0.05, 0.1) is 11.6 Å². The van der Waals surface area contributed by atoms with Crippen molar-refractivity contribution in [1.82, 2.24) is 10.3 Å². The average molecular weight is 346 g/mol. The minimum atomic E-state index is -0.306. The highest BCUT2D eigenvalue weighted by molar-refractivity contribution is 7.11. The molecule has 3 N–H and O–H groups in total. The molecule has 2 rings (SSSR count). The number of aromatic nitrogens is 1. The van der Waals surface area contributed by atoms with Gasteiger partial charge in [-0.1, -0.05) is 0 Å². The highest BCUT2D eigenvalue weighted by Gasteiger charge is 2.11. The zero-order chi connectivity index (χ0) is 17.7. The number of carbonyl (C=O) groups excluding carboxylic acids is 3. The maximum absolute atomic E-state index is 12.3. The Labute approximate surface area is 143 Å². The Kier molecular flexibility index (Phi) is 5.64. The fraction of sp³-hybridized carbons (Fsp3) is 0.250. The van der Waals surface area contributed by atoms with Crippen LogP contribution in [0.2, 0.25) is 0 Å². The summed E-state index contributed by atoms with van der Waals surface area (Å²) in [5, 5.41) is 8.95. The molecule has 126 valence electrons. The smallest absolute Gasteiger partial charge is 0.251 e. The van der Waals surface area contributed by atoms with E-state index in [0.717, 1.165) is 9.88 Å². The fourth-order valence-electron chi connectivity index (χ4n) is 2.07. The number of anilines is 2. The Morgan fingerprint density at radius 1 is 1.04 bits per heavy atom. The van der Waals surface area contributed by atoms with Crippen LogP contribution in [0.1, 0.15) is 34.1 Å². The van der Waals surface area contributed by atoms with E-state index in [4.69, 9.17) is 0 Å². The summed E-state index contributed by atoms with van der Waals surface area (Å²) in [5.74, 6) is -0.831. The van der Waals surface area contributed by atoms with E-state index in [1.807, 2.05) is 6.92 Å². The molecule has 0 aliphatic heterocycles. The van der Waals surface area contributed by atoms with Gasteiger partial charge in [0.25, 0.3) is 5.91 Å². The quantitative estimate of drug-likeness (QED) is 0.773. The number of carbonyl (C=O) groups is 3. The Bertz CT molecular complexity index is 751. The van der Waals surface area contributed by atoms with Gasteiger partial charge < -0.3 is 16.0 Å². The second-order valence-electron chi connectivity index (χ2n) is 5.19. The van der Waals surface area contributed by atoms with Gasteiger partial charge in [-0.15, -0.1) is 11.3 Å². The van der Waals surface area contributed by atoms with Crippen LogP contribution >= 0.6 is 11.3 Å². The van der Waals surface area contributed by atoms with Gasteiger partial charge in [0.1, 0.15) is 0 Å². The molecule has 1 heterocycles. The lowest BCUT2D eigenvalue weighted by atomic mass is 10.1. The number of amides is 3. The molecular formula is C16H18N4O3S. The summed E-state index contributed by atoms with van der Waals surface area (Å²) in [6.45, 7) is 5.00. The van der Waals surface area contributed by atoms with Crippen LogP contribution in [0.3, 0.4) is 0 Å². The lowest BCUT2D eigenvalue weighted by molar-refractivity contribution is -0.115. The molecular weight excluding hydrogens is 328 g/mol. The summed E-state index contributed by atoms with van der Waals surface area (Å²) in [5.41, 5.74) is 1.21. The lowest BCUT2D eigenvalue weighted by Gasteiger charge is -2.10. The molecule has 0 radical (unpaired) electrons. The fourth-order valence-corrected chi connectivity index (χ4v) is 2.80. The highest BCUT2D eigenvalue weighted by atomic mass is 32.1. The normalized spacial score (nSPS) is 10.1. The van der Waals surface area contributed by atoms with Gasteiger partial charge in [-0.3, -0.25) is 14.4 Å².